The monoisotopic (exact) mass is 389 g/mol. The van der Waals surface area contributed by atoms with Crippen LogP contribution in [0.25, 0.3) is 6.08 Å². The average Bonchev–Trinajstić information content (AvgIpc) is 2.87. The summed E-state index contributed by atoms with van der Waals surface area (Å²) in [6.45, 7) is 0.158. The predicted molar refractivity (Wildman–Crippen MR) is 103 cm³/mol. The van der Waals surface area contributed by atoms with Crippen molar-refractivity contribution < 1.29 is 19.5 Å². The third-order valence-corrected chi connectivity index (χ3v) is 4.82. The molecule has 0 saturated carbocycles. The van der Waals surface area contributed by atoms with Gasteiger partial charge in [0, 0.05) is 31.9 Å². The van der Waals surface area contributed by atoms with Crippen molar-refractivity contribution in [1.29, 1.82) is 0 Å². The van der Waals surface area contributed by atoms with Crippen LogP contribution in [0.5, 0.6) is 0 Å². The van der Waals surface area contributed by atoms with Crippen LogP contribution in [0.4, 0.5) is 0 Å². The number of aliphatic carboxylic acids is 1. The maximum absolute atomic E-state index is 12.4. The summed E-state index contributed by atoms with van der Waals surface area (Å²) in [4.78, 5) is 36.2. The van der Waals surface area contributed by atoms with Gasteiger partial charge in [-0.15, -0.1) is 0 Å². The molecule has 1 aromatic carbocycles. The van der Waals surface area contributed by atoms with E-state index in [1.54, 1.807) is 12.2 Å². The van der Waals surface area contributed by atoms with E-state index in [2.05, 4.69) is 5.32 Å². The van der Waals surface area contributed by atoms with Crippen molar-refractivity contribution in [3.8, 4) is 0 Å². The van der Waals surface area contributed by atoms with Gasteiger partial charge in [-0.1, -0.05) is 66.5 Å². The summed E-state index contributed by atoms with van der Waals surface area (Å²) >= 11 is 6.39. The predicted octanol–water partition coefficient (Wildman–Crippen LogP) is 1.09. The standard InChI is InChI=1S/C18H18N2O4S2/c21-15(19-11-9-16(22)23)10-12-20-17(24)14(26-18(20)25)8-4-7-13-5-2-1-3-6-13/h1-8H,9-12H2,(H,19,21)(H,22,23)/p-1/b7-4+,14-8-. The molecule has 1 aliphatic heterocycles. The smallest absolute Gasteiger partial charge is 0.266 e. The first-order valence-corrected chi connectivity index (χ1v) is 9.13. The number of rotatable bonds is 8. The molecule has 0 radical (unpaired) electrons. The third kappa shape index (κ3) is 6.12. The number of nitrogens with one attached hydrogen (secondary N) is 1. The molecule has 0 unspecified atom stereocenters. The highest BCUT2D eigenvalue weighted by Gasteiger charge is 2.31. The van der Waals surface area contributed by atoms with E-state index in [-0.39, 0.29) is 37.7 Å². The van der Waals surface area contributed by atoms with Gasteiger partial charge >= 0.3 is 0 Å². The quantitative estimate of drug-likeness (QED) is 0.529. The van der Waals surface area contributed by atoms with Crippen LogP contribution in [0.2, 0.25) is 0 Å². The van der Waals surface area contributed by atoms with Crippen LogP contribution in [0.1, 0.15) is 18.4 Å². The number of allylic oxidation sites excluding steroid dienone is 2. The molecule has 0 atom stereocenters. The van der Waals surface area contributed by atoms with E-state index in [4.69, 9.17) is 12.2 Å². The molecule has 0 spiro atoms. The summed E-state index contributed by atoms with van der Waals surface area (Å²) in [5.41, 5.74) is 1.02. The van der Waals surface area contributed by atoms with Crippen LogP contribution in [-0.2, 0) is 14.4 Å². The van der Waals surface area contributed by atoms with Crippen molar-refractivity contribution in [3.05, 3.63) is 53.0 Å². The van der Waals surface area contributed by atoms with E-state index in [0.29, 0.717) is 9.23 Å². The third-order valence-electron chi connectivity index (χ3n) is 3.42. The summed E-state index contributed by atoms with van der Waals surface area (Å²) in [6.07, 6.45) is 5.17. The minimum atomic E-state index is -1.23. The number of carbonyl (C=O) groups excluding carboxylic acids is 3. The molecule has 1 aliphatic rings. The molecule has 0 bridgehead atoms. The first-order valence-electron chi connectivity index (χ1n) is 7.91. The Morgan fingerprint density at radius 2 is 1.96 bits per heavy atom. The highest BCUT2D eigenvalue weighted by atomic mass is 32.2. The zero-order valence-corrected chi connectivity index (χ0v) is 15.5. The maximum atomic E-state index is 12.4. The van der Waals surface area contributed by atoms with Crippen molar-refractivity contribution in [2.75, 3.05) is 13.1 Å². The Bertz CT molecular complexity index is 760. The number of carboxylic acid groups (broad SMARTS) is 1. The fraction of sp³-hybridized carbons (Fsp3) is 0.222. The van der Waals surface area contributed by atoms with Crippen LogP contribution in [0, 0.1) is 0 Å². The van der Waals surface area contributed by atoms with Crippen molar-refractivity contribution in [1.82, 2.24) is 10.2 Å². The Kier molecular flexibility index (Phi) is 7.55. The molecule has 0 aromatic heterocycles. The average molecular weight is 389 g/mol. The van der Waals surface area contributed by atoms with E-state index in [1.165, 1.54) is 16.7 Å². The lowest BCUT2D eigenvalue weighted by Gasteiger charge is -2.14. The zero-order chi connectivity index (χ0) is 18.9. The van der Waals surface area contributed by atoms with Crippen molar-refractivity contribution in [3.63, 3.8) is 0 Å². The molecule has 26 heavy (non-hydrogen) atoms. The molecule has 1 fully saturated rings. The molecule has 2 amide bonds. The normalized spacial score (nSPS) is 15.8. The van der Waals surface area contributed by atoms with E-state index in [9.17, 15) is 19.5 Å². The Hall–Kier alpha value is -2.45. The van der Waals surface area contributed by atoms with E-state index < -0.39 is 5.97 Å². The minimum Gasteiger partial charge on any atom is -0.550 e. The molecule has 2 rings (SSSR count). The number of hydrogen-bond donors (Lipinski definition) is 1. The van der Waals surface area contributed by atoms with Gasteiger partial charge in [0.2, 0.25) is 5.91 Å². The van der Waals surface area contributed by atoms with Crippen LogP contribution in [0.15, 0.2) is 47.4 Å². The number of hydrogen-bond acceptors (Lipinski definition) is 6. The zero-order valence-electron chi connectivity index (χ0n) is 13.8. The number of nitrogens with zero attached hydrogens (tertiary/aromatic N) is 1. The minimum absolute atomic E-state index is 0.00371. The van der Waals surface area contributed by atoms with Crippen molar-refractivity contribution in [2.24, 2.45) is 0 Å². The lowest BCUT2D eigenvalue weighted by Crippen LogP contribution is -2.35. The van der Waals surface area contributed by atoms with Crippen LogP contribution in [0.3, 0.4) is 0 Å². The number of amides is 2. The van der Waals surface area contributed by atoms with Crippen molar-refractivity contribution in [2.45, 2.75) is 12.8 Å². The number of thiocarbonyl (C=S) groups is 1. The topological polar surface area (TPSA) is 89.5 Å². The van der Waals surface area contributed by atoms with E-state index in [1.807, 2.05) is 36.4 Å². The second-order valence-electron chi connectivity index (χ2n) is 5.35. The summed E-state index contributed by atoms with van der Waals surface area (Å²) in [5.74, 6) is -1.80. The molecule has 8 heteroatoms. The highest BCUT2D eigenvalue weighted by Crippen LogP contribution is 2.31. The first-order chi connectivity index (χ1) is 12.5. The molecule has 136 valence electrons. The fourth-order valence-electron chi connectivity index (χ4n) is 2.12. The molecule has 6 nitrogen and oxygen atoms in total. The molecule has 0 aliphatic carbocycles. The van der Waals surface area contributed by atoms with Gasteiger partial charge in [0.05, 0.1) is 4.91 Å². The molecular weight excluding hydrogens is 372 g/mol. The summed E-state index contributed by atoms with van der Waals surface area (Å²) < 4.78 is 0.400. The number of thioether (sulfide) groups is 1. The van der Waals surface area contributed by atoms with Gasteiger partial charge in [0.15, 0.2) is 0 Å². The first kappa shape index (κ1) is 19.9. The number of carbonyl (C=O) groups is 3. The van der Waals surface area contributed by atoms with E-state index in [0.717, 1.165) is 5.56 Å². The molecule has 1 N–H and O–H groups in total. The molecule has 1 heterocycles. The van der Waals surface area contributed by atoms with Crippen LogP contribution < -0.4 is 10.4 Å². The SMILES string of the molecule is O=C([O-])CCNC(=O)CCN1C(=O)/C(=C/C=C/c2ccccc2)SC1=S. The second-order valence-corrected chi connectivity index (χ2v) is 7.02. The van der Waals surface area contributed by atoms with Gasteiger partial charge in [-0.05, 0) is 11.6 Å². The Morgan fingerprint density at radius 3 is 2.65 bits per heavy atom. The van der Waals surface area contributed by atoms with Crippen LogP contribution in [-0.4, -0.2) is 40.1 Å². The lowest BCUT2D eigenvalue weighted by molar-refractivity contribution is -0.305. The van der Waals surface area contributed by atoms with Gasteiger partial charge in [-0.3, -0.25) is 14.5 Å². The van der Waals surface area contributed by atoms with Gasteiger partial charge < -0.3 is 15.2 Å². The van der Waals surface area contributed by atoms with Crippen LogP contribution >= 0.6 is 24.0 Å². The highest BCUT2D eigenvalue weighted by molar-refractivity contribution is 8.26. The van der Waals surface area contributed by atoms with Gasteiger partial charge in [0.1, 0.15) is 4.32 Å². The van der Waals surface area contributed by atoms with E-state index >= 15 is 0 Å². The summed E-state index contributed by atoms with van der Waals surface area (Å²) in [5, 5.41) is 12.8. The Balaban J connectivity index is 1.86. The molecular formula is C18H17N2O4S2-. The van der Waals surface area contributed by atoms with Gasteiger partial charge in [-0.2, -0.15) is 0 Å². The van der Waals surface area contributed by atoms with Crippen molar-refractivity contribution >= 4 is 52.2 Å². The fourth-order valence-corrected chi connectivity index (χ4v) is 3.38. The van der Waals surface area contributed by atoms with Gasteiger partial charge in [-0.25, -0.2) is 0 Å². The molecule has 1 aromatic rings. The number of carboxylic acids is 1. The number of benzene rings is 1. The molecule has 1 saturated heterocycles. The largest absolute Gasteiger partial charge is 0.550 e. The maximum Gasteiger partial charge on any atom is 0.266 e. The Morgan fingerprint density at radius 1 is 1.23 bits per heavy atom. The lowest BCUT2D eigenvalue weighted by atomic mass is 10.2. The van der Waals surface area contributed by atoms with Gasteiger partial charge in [0.25, 0.3) is 5.91 Å². The summed E-state index contributed by atoms with van der Waals surface area (Å²) in [6, 6.07) is 9.69. The summed E-state index contributed by atoms with van der Waals surface area (Å²) in [7, 11) is 0. The Labute approximate surface area is 160 Å². The second kappa shape index (κ2) is 9.88.